The van der Waals surface area contributed by atoms with E-state index in [0.29, 0.717) is 41.4 Å². The average Bonchev–Trinajstić information content (AvgIpc) is 3.32. The Hall–Kier alpha value is -3.09. The Morgan fingerprint density at radius 3 is 2.80 bits per heavy atom. The normalized spacial score (nSPS) is 18.8. The second kappa shape index (κ2) is 8.34. The van der Waals surface area contributed by atoms with E-state index in [2.05, 4.69) is 11.7 Å². The first-order valence-corrected chi connectivity index (χ1v) is 9.92. The Balaban J connectivity index is 1.40. The van der Waals surface area contributed by atoms with Crippen molar-refractivity contribution in [1.82, 2.24) is 14.7 Å². The summed E-state index contributed by atoms with van der Waals surface area (Å²) in [6, 6.07) is 10.2. The Kier molecular flexibility index (Phi) is 5.61. The lowest BCUT2D eigenvalue weighted by Gasteiger charge is -2.25. The van der Waals surface area contributed by atoms with Crippen LogP contribution in [-0.2, 0) is 11.3 Å². The van der Waals surface area contributed by atoms with E-state index in [1.54, 1.807) is 28.9 Å². The van der Waals surface area contributed by atoms with E-state index in [0.717, 1.165) is 0 Å². The molecule has 0 bridgehead atoms. The Morgan fingerprint density at radius 1 is 1.20 bits per heavy atom. The molecule has 1 aliphatic heterocycles. The van der Waals surface area contributed by atoms with E-state index in [1.807, 2.05) is 0 Å². The number of nitrogens with zero attached hydrogens (tertiary/aromatic N) is 3. The van der Waals surface area contributed by atoms with Crippen LogP contribution in [0.1, 0.15) is 30.9 Å². The number of aryl methyl sites for hydroxylation is 1. The van der Waals surface area contributed by atoms with Crippen molar-refractivity contribution in [2.45, 2.75) is 38.0 Å². The summed E-state index contributed by atoms with van der Waals surface area (Å²) in [5.41, 5.74) is 1.65. The summed E-state index contributed by atoms with van der Waals surface area (Å²) in [7, 11) is 0. The molecule has 0 radical (unpaired) electrons. The first kappa shape index (κ1) is 20.2. The lowest BCUT2D eigenvalue weighted by molar-refractivity contribution is -0.128. The van der Waals surface area contributed by atoms with E-state index >= 15 is 0 Å². The van der Waals surface area contributed by atoms with Gasteiger partial charge in [0.2, 0.25) is 5.91 Å². The van der Waals surface area contributed by atoms with Crippen LogP contribution in [0.4, 0.5) is 13.2 Å². The standard InChI is InChI=1S/C23H22F3N3O/c1-15(5-4-10-29-21-9-3-8-20(26)19(21)13-27-29)23(30)28-14-18(25)12-22(28)16-6-2-7-17(24)11-16/h2-3,6-9,11,13,18,22H,1,4-5,10,12,14H2. The lowest BCUT2D eigenvalue weighted by Crippen LogP contribution is -2.32. The minimum atomic E-state index is -1.15. The van der Waals surface area contributed by atoms with Crippen LogP contribution in [-0.4, -0.2) is 33.3 Å². The van der Waals surface area contributed by atoms with Crippen LogP contribution in [0.15, 0.2) is 60.8 Å². The molecule has 1 amide bonds. The molecule has 1 aliphatic rings. The maximum absolute atomic E-state index is 14.1. The van der Waals surface area contributed by atoms with Gasteiger partial charge in [-0.1, -0.05) is 24.8 Å². The first-order chi connectivity index (χ1) is 14.4. The minimum absolute atomic E-state index is 0.0257. The van der Waals surface area contributed by atoms with Gasteiger partial charge in [0.1, 0.15) is 17.8 Å². The highest BCUT2D eigenvalue weighted by molar-refractivity contribution is 5.93. The maximum Gasteiger partial charge on any atom is 0.249 e. The number of halogens is 3. The van der Waals surface area contributed by atoms with E-state index in [1.165, 1.54) is 29.3 Å². The van der Waals surface area contributed by atoms with Crippen molar-refractivity contribution in [3.63, 3.8) is 0 Å². The van der Waals surface area contributed by atoms with Crippen LogP contribution < -0.4 is 0 Å². The molecule has 1 aromatic heterocycles. The molecule has 0 saturated carbocycles. The van der Waals surface area contributed by atoms with Crippen molar-refractivity contribution in [2.24, 2.45) is 0 Å². The molecular formula is C23H22F3N3O. The Morgan fingerprint density at radius 2 is 2.00 bits per heavy atom. The molecule has 0 aliphatic carbocycles. The van der Waals surface area contributed by atoms with Gasteiger partial charge in [-0.2, -0.15) is 5.10 Å². The third-order valence-corrected chi connectivity index (χ3v) is 5.53. The molecule has 7 heteroatoms. The van der Waals surface area contributed by atoms with Crippen LogP contribution in [0.2, 0.25) is 0 Å². The zero-order valence-corrected chi connectivity index (χ0v) is 16.4. The maximum atomic E-state index is 14.1. The first-order valence-electron chi connectivity index (χ1n) is 9.92. The molecule has 1 fully saturated rings. The summed E-state index contributed by atoms with van der Waals surface area (Å²) >= 11 is 0. The predicted molar refractivity (Wildman–Crippen MR) is 108 cm³/mol. The van der Waals surface area contributed by atoms with Gasteiger partial charge in [-0.3, -0.25) is 9.48 Å². The van der Waals surface area contributed by atoms with Gasteiger partial charge in [0.25, 0.3) is 0 Å². The fraction of sp³-hybridized carbons (Fsp3) is 0.304. The number of benzene rings is 2. The molecule has 156 valence electrons. The number of alkyl halides is 1. The number of carbonyl (C=O) groups excluding carboxylic acids is 1. The van der Waals surface area contributed by atoms with Crippen LogP contribution in [0, 0.1) is 11.6 Å². The van der Waals surface area contributed by atoms with Crippen LogP contribution in [0.25, 0.3) is 10.9 Å². The highest BCUT2D eigenvalue weighted by atomic mass is 19.1. The highest BCUT2D eigenvalue weighted by Gasteiger charge is 2.37. The van der Waals surface area contributed by atoms with Gasteiger partial charge in [0, 0.05) is 18.5 Å². The minimum Gasteiger partial charge on any atom is -0.329 e. The van der Waals surface area contributed by atoms with Gasteiger partial charge in [-0.05, 0) is 42.7 Å². The predicted octanol–water partition coefficient (Wildman–Crippen LogP) is 4.96. The number of carbonyl (C=O) groups is 1. The van der Waals surface area contributed by atoms with Crippen molar-refractivity contribution in [3.8, 4) is 0 Å². The topological polar surface area (TPSA) is 38.1 Å². The largest absolute Gasteiger partial charge is 0.329 e. The zero-order chi connectivity index (χ0) is 21.3. The summed E-state index contributed by atoms with van der Waals surface area (Å²) < 4.78 is 43.2. The van der Waals surface area contributed by atoms with Crippen molar-refractivity contribution < 1.29 is 18.0 Å². The average molecular weight is 413 g/mol. The second-order valence-corrected chi connectivity index (χ2v) is 7.61. The van der Waals surface area contributed by atoms with Gasteiger partial charge in [0.15, 0.2) is 0 Å². The Bertz CT molecular complexity index is 1090. The second-order valence-electron chi connectivity index (χ2n) is 7.61. The number of hydrogen-bond donors (Lipinski definition) is 0. The van der Waals surface area contributed by atoms with E-state index in [4.69, 9.17) is 0 Å². The van der Waals surface area contributed by atoms with Crippen molar-refractivity contribution >= 4 is 16.8 Å². The SMILES string of the molecule is C=C(CCCn1ncc2c(F)cccc21)C(=O)N1CC(F)CC1c1cccc(F)c1. The number of hydrogen-bond acceptors (Lipinski definition) is 2. The fourth-order valence-corrected chi connectivity index (χ4v) is 4.04. The van der Waals surface area contributed by atoms with Crippen molar-refractivity contribution in [1.29, 1.82) is 0 Å². The smallest absolute Gasteiger partial charge is 0.249 e. The molecule has 1 saturated heterocycles. The van der Waals surface area contributed by atoms with Crippen LogP contribution >= 0.6 is 0 Å². The van der Waals surface area contributed by atoms with Gasteiger partial charge >= 0.3 is 0 Å². The highest BCUT2D eigenvalue weighted by Crippen LogP contribution is 2.35. The summed E-state index contributed by atoms with van der Waals surface area (Å²) in [6.45, 7) is 4.36. The summed E-state index contributed by atoms with van der Waals surface area (Å²) in [4.78, 5) is 14.3. The monoisotopic (exact) mass is 413 g/mol. The van der Waals surface area contributed by atoms with Crippen molar-refractivity contribution in [3.05, 3.63) is 78.0 Å². The van der Waals surface area contributed by atoms with Crippen LogP contribution in [0.3, 0.4) is 0 Å². The van der Waals surface area contributed by atoms with E-state index in [-0.39, 0.29) is 24.7 Å². The Labute approximate surface area is 172 Å². The van der Waals surface area contributed by atoms with Gasteiger partial charge < -0.3 is 4.90 Å². The fourth-order valence-electron chi connectivity index (χ4n) is 4.04. The van der Waals surface area contributed by atoms with Gasteiger partial charge in [0.05, 0.1) is 29.7 Å². The third-order valence-electron chi connectivity index (χ3n) is 5.53. The van der Waals surface area contributed by atoms with E-state index < -0.39 is 18.0 Å². The summed E-state index contributed by atoms with van der Waals surface area (Å²) in [6.07, 6.45) is 1.46. The molecule has 0 spiro atoms. The molecule has 30 heavy (non-hydrogen) atoms. The molecular weight excluding hydrogens is 391 g/mol. The van der Waals surface area contributed by atoms with E-state index in [9.17, 15) is 18.0 Å². The third kappa shape index (κ3) is 3.97. The number of likely N-dealkylation sites (tertiary alicyclic amines) is 1. The van der Waals surface area contributed by atoms with Crippen molar-refractivity contribution in [2.75, 3.05) is 6.54 Å². The molecule has 0 N–H and O–H groups in total. The van der Waals surface area contributed by atoms with Crippen LogP contribution in [0.5, 0.6) is 0 Å². The molecule has 2 heterocycles. The van der Waals surface area contributed by atoms with Gasteiger partial charge in [-0.15, -0.1) is 0 Å². The number of rotatable bonds is 6. The molecule has 2 unspecified atom stereocenters. The zero-order valence-electron chi connectivity index (χ0n) is 16.4. The van der Waals surface area contributed by atoms with Gasteiger partial charge in [-0.25, -0.2) is 13.2 Å². The molecule has 4 nitrogen and oxygen atoms in total. The molecule has 2 aromatic carbocycles. The number of amides is 1. The molecule has 4 rings (SSSR count). The molecule has 2 atom stereocenters. The number of fused-ring (bicyclic) bond motifs is 1. The molecule has 3 aromatic rings. The number of aromatic nitrogens is 2. The lowest BCUT2D eigenvalue weighted by atomic mass is 10.0. The summed E-state index contributed by atoms with van der Waals surface area (Å²) in [5, 5.41) is 4.67. The quantitative estimate of drug-likeness (QED) is 0.536. The summed E-state index contributed by atoms with van der Waals surface area (Å²) in [5.74, 6) is -1.05.